The molecule has 2 aliphatic heterocycles. The molecule has 6 atom stereocenters. The van der Waals surface area contributed by atoms with Gasteiger partial charge in [-0.1, -0.05) is 18.2 Å². The molecular formula is C15H20O8S. The topological polar surface area (TPSA) is 112 Å². The summed E-state index contributed by atoms with van der Waals surface area (Å²) in [5.74, 6) is -0.392. The van der Waals surface area contributed by atoms with Crippen molar-refractivity contribution in [1.82, 2.24) is 0 Å². The van der Waals surface area contributed by atoms with E-state index in [1.807, 2.05) is 0 Å². The number of hydrogen-bond acceptors (Lipinski definition) is 8. The minimum Gasteiger partial charge on any atom is -0.387 e. The van der Waals surface area contributed by atoms with Crippen LogP contribution in [0.5, 0.6) is 0 Å². The molecular weight excluding hydrogens is 340 g/mol. The number of benzene rings is 1. The first kappa shape index (κ1) is 17.7. The van der Waals surface area contributed by atoms with Crippen LogP contribution >= 0.6 is 0 Å². The van der Waals surface area contributed by atoms with Crippen molar-refractivity contribution in [2.75, 3.05) is 19.5 Å². The standard InChI is InChI=1S/C15H20O8S/c1-20-15-13(17)12(16)14-10(22-15)7-21-11(23-14)8-24(18,19)9-5-3-2-4-6-9/h2-6,10-17H,7-8H2,1H3/t10-,11?,12-,13-,14+,15-/m1/s1. The highest BCUT2D eigenvalue weighted by molar-refractivity contribution is 7.91. The minimum atomic E-state index is -3.60. The Morgan fingerprint density at radius 3 is 2.54 bits per heavy atom. The monoisotopic (exact) mass is 360 g/mol. The van der Waals surface area contributed by atoms with Crippen LogP contribution in [0.4, 0.5) is 0 Å². The number of ether oxygens (including phenoxy) is 4. The van der Waals surface area contributed by atoms with Crippen molar-refractivity contribution in [3.8, 4) is 0 Å². The summed E-state index contributed by atoms with van der Waals surface area (Å²) >= 11 is 0. The molecule has 0 amide bonds. The zero-order valence-electron chi connectivity index (χ0n) is 13.0. The van der Waals surface area contributed by atoms with Crippen molar-refractivity contribution < 1.29 is 37.6 Å². The van der Waals surface area contributed by atoms with Gasteiger partial charge < -0.3 is 29.2 Å². The smallest absolute Gasteiger partial charge is 0.186 e. The van der Waals surface area contributed by atoms with Crippen LogP contribution in [0.25, 0.3) is 0 Å². The van der Waals surface area contributed by atoms with Crippen LogP contribution in [-0.4, -0.2) is 75.1 Å². The van der Waals surface area contributed by atoms with Gasteiger partial charge in [0.25, 0.3) is 0 Å². The predicted octanol–water partition coefficient (Wildman–Crippen LogP) is -0.705. The zero-order chi connectivity index (χ0) is 17.3. The molecule has 1 unspecified atom stereocenters. The first-order valence-electron chi connectivity index (χ1n) is 7.51. The molecule has 2 saturated heterocycles. The van der Waals surface area contributed by atoms with Crippen molar-refractivity contribution >= 4 is 9.84 Å². The fourth-order valence-electron chi connectivity index (χ4n) is 2.81. The first-order valence-corrected chi connectivity index (χ1v) is 9.17. The van der Waals surface area contributed by atoms with Crippen LogP contribution in [-0.2, 0) is 28.8 Å². The van der Waals surface area contributed by atoms with Gasteiger partial charge in [-0.15, -0.1) is 0 Å². The van der Waals surface area contributed by atoms with Crippen molar-refractivity contribution in [1.29, 1.82) is 0 Å². The maximum absolute atomic E-state index is 12.4. The van der Waals surface area contributed by atoms with Crippen LogP contribution in [0.1, 0.15) is 0 Å². The molecule has 0 bridgehead atoms. The third kappa shape index (κ3) is 3.47. The highest BCUT2D eigenvalue weighted by atomic mass is 32.2. The molecule has 134 valence electrons. The molecule has 0 radical (unpaired) electrons. The van der Waals surface area contributed by atoms with E-state index in [0.29, 0.717) is 0 Å². The first-order chi connectivity index (χ1) is 11.4. The SMILES string of the molecule is CO[C@@H]1O[C@@H]2COC(CS(=O)(=O)c3ccccc3)O[C@@H]2[C@H](O)[C@H]1O. The summed E-state index contributed by atoms with van der Waals surface area (Å²) in [4.78, 5) is 0.166. The van der Waals surface area contributed by atoms with Gasteiger partial charge >= 0.3 is 0 Å². The van der Waals surface area contributed by atoms with Crippen molar-refractivity contribution in [3.05, 3.63) is 30.3 Å². The van der Waals surface area contributed by atoms with Crippen LogP contribution in [0.15, 0.2) is 35.2 Å². The van der Waals surface area contributed by atoms with Crippen molar-refractivity contribution in [3.63, 3.8) is 0 Å². The highest BCUT2D eigenvalue weighted by Gasteiger charge is 2.49. The van der Waals surface area contributed by atoms with E-state index in [2.05, 4.69) is 0 Å². The van der Waals surface area contributed by atoms with E-state index in [-0.39, 0.29) is 11.5 Å². The van der Waals surface area contributed by atoms with Crippen LogP contribution in [0.2, 0.25) is 0 Å². The Morgan fingerprint density at radius 2 is 1.88 bits per heavy atom. The molecule has 3 rings (SSSR count). The lowest BCUT2D eigenvalue weighted by atomic mass is 9.98. The zero-order valence-corrected chi connectivity index (χ0v) is 13.8. The normalized spacial score (nSPS) is 37.0. The predicted molar refractivity (Wildman–Crippen MR) is 80.8 cm³/mol. The van der Waals surface area contributed by atoms with E-state index in [4.69, 9.17) is 18.9 Å². The average molecular weight is 360 g/mol. The second kappa shape index (κ2) is 7.04. The van der Waals surface area contributed by atoms with Gasteiger partial charge in [-0.25, -0.2) is 8.42 Å². The van der Waals surface area contributed by atoms with Gasteiger partial charge in [0.1, 0.15) is 30.2 Å². The Hall–Kier alpha value is -1.07. The molecule has 24 heavy (non-hydrogen) atoms. The molecule has 0 aromatic heterocycles. The summed E-state index contributed by atoms with van der Waals surface area (Å²) in [5.41, 5.74) is 0. The Bertz CT molecular complexity index is 647. The van der Waals surface area contributed by atoms with Gasteiger partial charge in [0, 0.05) is 7.11 Å². The number of fused-ring (bicyclic) bond motifs is 1. The van der Waals surface area contributed by atoms with E-state index in [1.165, 1.54) is 19.2 Å². The second-order valence-electron chi connectivity index (χ2n) is 5.72. The van der Waals surface area contributed by atoms with Gasteiger partial charge in [-0.2, -0.15) is 0 Å². The van der Waals surface area contributed by atoms with E-state index >= 15 is 0 Å². The van der Waals surface area contributed by atoms with Gasteiger partial charge in [0.15, 0.2) is 22.4 Å². The molecule has 0 spiro atoms. The molecule has 2 fully saturated rings. The molecule has 0 aliphatic carbocycles. The maximum atomic E-state index is 12.4. The maximum Gasteiger partial charge on any atom is 0.186 e. The summed E-state index contributed by atoms with van der Waals surface area (Å²) in [6.45, 7) is 0.0310. The number of hydrogen-bond donors (Lipinski definition) is 2. The summed E-state index contributed by atoms with van der Waals surface area (Å²) < 4.78 is 46.1. The average Bonchev–Trinajstić information content (AvgIpc) is 2.59. The van der Waals surface area contributed by atoms with E-state index in [1.54, 1.807) is 18.2 Å². The van der Waals surface area contributed by atoms with E-state index < -0.39 is 52.6 Å². The molecule has 1 aromatic carbocycles. The lowest BCUT2D eigenvalue weighted by Crippen LogP contribution is -2.63. The largest absolute Gasteiger partial charge is 0.387 e. The number of aliphatic hydroxyl groups excluding tert-OH is 2. The van der Waals surface area contributed by atoms with E-state index in [0.717, 1.165) is 0 Å². The Balaban J connectivity index is 1.69. The Kier molecular flexibility index (Phi) is 5.21. The molecule has 0 saturated carbocycles. The van der Waals surface area contributed by atoms with Crippen molar-refractivity contribution in [2.24, 2.45) is 0 Å². The second-order valence-corrected chi connectivity index (χ2v) is 7.75. The number of sulfone groups is 1. The summed E-state index contributed by atoms with van der Waals surface area (Å²) in [5, 5.41) is 20.1. The fraction of sp³-hybridized carbons (Fsp3) is 0.600. The molecule has 9 heteroatoms. The Labute approximate surface area is 139 Å². The van der Waals surface area contributed by atoms with Crippen molar-refractivity contribution in [2.45, 2.75) is 41.9 Å². The van der Waals surface area contributed by atoms with Gasteiger partial charge in [0.2, 0.25) is 0 Å². The van der Waals surface area contributed by atoms with Crippen LogP contribution in [0.3, 0.4) is 0 Å². The lowest BCUT2D eigenvalue weighted by Gasteiger charge is -2.45. The summed E-state index contributed by atoms with van der Waals surface area (Å²) in [6, 6.07) is 7.97. The third-order valence-electron chi connectivity index (χ3n) is 4.09. The molecule has 2 heterocycles. The summed E-state index contributed by atoms with van der Waals surface area (Å²) in [6.07, 6.45) is -6.14. The molecule has 2 aliphatic rings. The Morgan fingerprint density at radius 1 is 1.17 bits per heavy atom. The lowest BCUT2D eigenvalue weighted by molar-refractivity contribution is -0.351. The van der Waals surface area contributed by atoms with Gasteiger partial charge in [0.05, 0.1) is 11.5 Å². The molecule has 1 aromatic rings. The van der Waals surface area contributed by atoms with Gasteiger partial charge in [-0.3, -0.25) is 0 Å². The van der Waals surface area contributed by atoms with Crippen LogP contribution in [0, 0.1) is 0 Å². The minimum absolute atomic E-state index is 0.0310. The van der Waals surface area contributed by atoms with E-state index in [9.17, 15) is 18.6 Å². The third-order valence-corrected chi connectivity index (χ3v) is 5.79. The highest BCUT2D eigenvalue weighted by Crippen LogP contribution is 2.29. The van der Waals surface area contributed by atoms with Gasteiger partial charge in [-0.05, 0) is 12.1 Å². The fourth-order valence-corrected chi connectivity index (χ4v) is 4.11. The number of aliphatic hydroxyl groups is 2. The molecule has 8 nitrogen and oxygen atoms in total. The van der Waals surface area contributed by atoms with Crippen LogP contribution < -0.4 is 0 Å². The quantitative estimate of drug-likeness (QED) is 0.725. The molecule has 2 N–H and O–H groups in total. The number of methoxy groups -OCH3 is 1. The number of rotatable bonds is 4. The summed E-state index contributed by atoms with van der Waals surface area (Å²) in [7, 11) is -2.26.